The van der Waals surface area contributed by atoms with Gasteiger partial charge < -0.3 is 25.3 Å². The van der Waals surface area contributed by atoms with Gasteiger partial charge in [-0.1, -0.05) is 24.3 Å². The number of pyridine rings is 1. The van der Waals surface area contributed by atoms with E-state index in [0.29, 0.717) is 65.8 Å². The van der Waals surface area contributed by atoms with Crippen LogP contribution >= 0.6 is 11.6 Å². The number of hydrogen-bond acceptors (Lipinski definition) is 6. The number of halogens is 4. The topological polar surface area (TPSA) is 119 Å². The van der Waals surface area contributed by atoms with Crippen LogP contribution in [0.1, 0.15) is 18.7 Å². The van der Waals surface area contributed by atoms with Gasteiger partial charge in [0.1, 0.15) is 17.5 Å². The van der Waals surface area contributed by atoms with Crippen molar-refractivity contribution in [3.63, 3.8) is 0 Å². The van der Waals surface area contributed by atoms with Gasteiger partial charge in [0.15, 0.2) is 11.4 Å². The van der Waals surface area contributed by atoms with Crippen LogP contribution in [-0.2, 0) is 18.5 Å². The number of hydrogen-bond donors (Lipinski definition) is 3. The van der Waals surface area contributed by atoms with Crippen LogP contribution in [0.15, 0.2) is 54.4 Å². The Bertz CT molecular complexity index is 1530. The van der Waals surface area contributed by atoms with Gasteiger partial charge in [0.25, 0.3) is 0 Å². The number of nitrogens with two attached hydrogens (primary N) is 1. The van der Waals surface area contributed by atoms with Crippen LogP contribution in [-0.4, -0.2) is 54.1 Å². The van der Waals surface area contributed by atoms with E-state index in [2.05, 4.69) is 32.1 Å². The zero-order chi connectivity index (χ0) is 27.7. The molecule has 3 aliphatic rings. The molecule has 39 heavy (non-hydrogen) atoms. The molecule has 6 rings (SSSR count). The summed E-state index contributed by atoms with van der Waals surface area (Å²) in [4.78, 5) is 8.42. The van der Waals surface area contributed by atoms with Crippen LogP contribution in [0.4, 0.5) is 19.0 Å². The Morgan fingerprint density at radius 2 is 2.08 bits per heavy atom. The number of amidine groups is 1. The van der Waals surface area contributed by atoms with Crippen molar-refractivity contribution < 1.29 is 18.3 Å². The molecule has 0 saturated heterocycles. The van der Waals surface area contributed by atoms with Gasteiger partial charge in [-0.3, -0.25) is 4.99 Å². The van der Waals surface area contributed by atoms with E-state index in [1.165, 1.54) is 12.4 Å². The number of nitrogens with zero attached hydrogens (tertiary/aromatic N) is 6. The molecule has 3 atom stereocenters. The Hall–Kier alpha value is -3.64. The summed E-state index contributed by atoms with van der Waals surface area (Å²) in [6.07, 6.45) is 3.41. The monoisotopic (exact) mass is 558 g/mol. The molecule has 2 fully saturated rings. The van der Waals surface area contributed by atoms with Gasteiger partial charge in [0.05, 0.1) is 16.1 Å². The van der Waals surface area contributed by atoms with Crippen LogP contribution in [0.5, 0.6) is 0 Å². The summed E-state index contributed by atoms with van der Waals surface area (Å²) in [7, 11) is 1.62. The lowest BCUT2D eigenvalue weighted by Crippen LogP contribution is -2.57. The molecule has 4 N–H and O–H groups in total. The lowest BCUT2D eigenvalue weighted by Gasteiger charge is -2.39. The van der Waals surface area contributed by atoms with Gasteiger partial charge in [-0.2, -0.15) is 13.2 Å². The molecule has 2 saturated carbocycles. The minimum absolute atomic E-state index is 0.169. The minimum atomic E-state index is -4.89. The van der Waals surface area contributed by atoms with E-state index in [-0.39, 0.29) is 17.7 Å². The van der Waals surface area contributed by atoms with Crippen molar-refractivity contribution >= 4 is 23.3 Å². The van der Waals surface area contributed by atoms with Crippen molar-refractivity contribution in [2.75, 3.05) is 12.4 Å². The summed E-state index contributed by atoms with van der Waals surface area (Å²) in [5, 5.41) is 23.1. The molecule has 0 radical (unpaired) electrons. The lowest BCUT2D eigenvalue weighted by molar-refractivity contribution is -0.259. The highest BCUT2D eigenvalue weighted by Crippen LogP contribution is 2.82. The molecule has 0 bridgehead atoms. The van der Waals surface area contributed by atoms with E-state index >= 15 is 0 Å². The second kappa shape index (κ2) is 8.68. The maximum Gasteiger partial charge on any atom is 0.421 e. The second-order valence-corrected chi connectivity index (χ2v) is 10.5. The largest absolute Gasteiger partial charge is 0.421 e. The van der Waals surface area contributed by atoms with Gasteiger partial charge in [0.2, 0.25) is 0 Å². The molecule has 4 heterocycles. The third kappa shape index (κ3) is 3.57. The summed E-state index contributed by atoms with van der Waals surface area (Å²) in [5.41, 5.74) is 3.01. The Labute approximate surface area is 226 Å². The molecular formula is C26H26ClF3N8O. The van der Waals surface area contributed by atoms with E-state index in [1.54, 1.807) is 23.8 Å². The number of fused-ring (bicyclic) bond motifs is 4. The molecular weight excluding hydrogens is 533 g/mol. The highest BCUT2D eigenvalue weighted by Gasteiger charge is 2.90. The fraction of sp³-hybridized carbons (Fsp3) is 0.385. The van der Waals surface area contributed by atoms with Crippen LogP contribution in [0.25, 0.3) is 22.6 Å². The predicted molar refractivity (Wildman–Crippen MR) is 141 cm³/mol. The first-order chi connectivity index (χ1) is 18.6. The van der Waals surface area contributed by atoms with Crippen molar-refractivity contribution in [2.24, 2.45) is 22.6 Å². The van der Waals surface area contributed by atoms with E-state index in [4.69, 9.17) is 17.3 Å². The van der Waals surface area contributed by atoms with Gasteiger partial charge in [0, 0.05) is 43.7 Å². The molecule has 13 heteroatoms. The van der Waals surface area contributed by atoms with E-state index in [9.17, 15) is 18.3 Å². The molecule has 0 aromatic carbocycles. The molecule has 3 aromatic heterocycles. The molecule has 9 nitrogen and oxygen atoms in total. The van der Waals surface area contributed by atoms with E-state index in [1.807, 2.05) is 16.8 Å². The summed E-state index contributed by atoms with van der Waals surface area (Å²) >= 11 is 6.52. The van der Waals surface area contributed by atoms with Gasteiger partial charge in [-0.05, 0) is 49.1 Å². The van der Waals surface area contributed by atoms with Crippen molar-refractivity contribution in [1.82, 2.24) is 24.3 Å². The number of nitrogens with one attached hydrogen (secondary N) is 1. The normalized spacial score (nSPS) is 25.3. The number of aliphatic hydroxyl groups is 1. The SMILES string of the molecule is C=CC(O)(C(F)(F)F)C1(c2nnc3n2CCCn2cc(-c4cc(NC(C=CN)=NC)ncc4Cl)cc2-3)C2CC21. The fourth-order valence-electron chi connectivity index (χ4n) is 6.09. The number of aromatic nitrogens is 5. The summed E-state index contributed by atoms with van der Waals surface area (Å²) < 4.78 is 46.2. The molecule has 204 valence electrons. The number of anilines is 1. The smallest absolute Gasteiger partial charge is 0.404 e. The third-order valence-corrected chi connectivity index (χ3v) is 8.46. The molecule has 0 spiro atoms. The molecule has 3 aromatic rings. The van der Waals surface area contributed by atoms with Gasteiger partial charge >= 0.3 is 6.18 Å². The Morgan fingerprint density at radius 1 is 1.31 bits per heavy atom. The number of aryl methyl sites for hydroxylation is 1. The van der Waals surface area contributed by atoms with Crippen molar-refractivity contribution in [2.45, 2.75) is 43.1 Å². The van der Waals surface area contributed by atoms with E-state index < -0.39 is 17.2 Å². The van der Waals surface area contributed by atoms with E-state index in [0.717, 1.165) is 5.56 Å². The average Bonchev–Trinajstić information content (AvgIpc) is 3.74. The number of rotatable bonds is 6. The molecule has 0 amide bonds. The zero-order valence-corrected chi connectivity index (χ0v) is 21.7. The first-order valence-corrected chi connectivity index (χ1v) is 12.8. The number of alkyl halides is 3. The minimum Gasteiger partial charge on any atom is -0.404 e. The highest BCUT2D eigenvalue weighted by atomic mass is 35.5. The summed E-state index contributed by atoms with van der Waals surface area (Å²) in [6.45, 7) is 4.40. The molecule has 1 aliphatic heterocycles. The maximum absolute atomic E-state index is 14.2. The Morgan fingerprint density at radius 3 is 2.69 bits per heavy atom. The zero-order valence-electron chi connectivity index (χ0n) is 21.0. The highest BCUT2D eigenvalue weighted by molar-refractivity contribution is 6.33. The summed E-state index contributed by atoms with van der Waals surface area (Å²) in [6, 6.07) is 3.67. The molecule has 3 unspecified atom stereocenters. The Kier molecular flexibility index (Phi) is 5.71. The predicted octanol–water partition coefficient (Wildman–Crippen LogP) is 4.15. The van der Waals surface area contributed by atoms with Crippen LogP contribution in [0.2, 0.25) is 5.02 Å². The van der Waals surface area contributed by atoms with Crippen molar-refractivity contribution in [3.8, 4) is 22.6 Å². The first kappa shape index (κ1) is 25.6. The standard InChI is InChI=1S/C26H26ClF3N8O/c1-3-24(39,26(28,29)30)25(16-11-17(16)25)23-36-35-22-19-9-14(13-37(19)7-4-8-38(22)23)15-10-21(33-12-18(15)27)34-20(32-2)5-6-31/h3,5-6,9-10,12-13,16-17,39H,1,4,7-8,11,31H2,2H3,(H,32,33,34). The third-order valence-electron chi connectivity index (χ3n) is 8.15. The lowest BCUT2D eigenvalue weighted by atomic mass is 9.74. The number of aliphatic imine (C=N–C) groups is 1. The second-order valence-electron chi connectivity index (χ2n) is 10.1. The van der Waals surface area contributed by atoms with Crippen LogP contribution in [0.3, 0.4) is 0 Å². The summed E-state index contributed by atoms with van der Waals surface area (Å²) in [5.74, 6) is 1.04. The average molecular weight is 559 g/mol. The van der Waals surface area contributed by atoms with Crippen molar-refractivity contribution in [1.29, 1.82) is 0 Å². The van der Waals surface area contributed by atoms with Crippen LogP contribution < -0.4 is 11.1 Å². The molecule has 2 aliphatic carbocycles. The first-order valence-electron chi connectivity index (χ1n) is 12.5. The van der Waals surface area contributed by atoms with Gasteiger partial charge in [-0.25, -0.2) is 4.98 Å². The van der Waals surface area contributed by atoms with Gasteiger partial charge in [-0.15, -0.1) is 10.2 Å². The Balaban J connectivity index is 1.41. The van der Waals surface area contributed by atoms with Crippen LogP contribution in [0, 0.1) is 11.8 Å². The van der Waals surface area contributed by atoms with Crippen molar-refractivity contribution in [3.05, 3.63) is 60.3 Å². The quantitative estimate of drug-likeness (QED) is 0.238. The maximum atomic E-state index is 14.2. The fourth-order valence-corrected chi connectivity index (χ4v) is 6.31.